The second-order valence-corrected chi connectivity index (χ2v) is 9.95. The Labute approximate surface area is 216 Å². The Bertz CT molecular complexity index is 1420. The van der Waals surface area contributed by atoms with E-state index in [1.807, 2.05) is 97.2 Å². The first-order valence-electron chi connectivity index (χ1n) is 10.8. The fraction of sp³-hybridized carbons (Fsp3) is 0.0741. The van der Waals surface area contributed by atoms with Crippen LogP contribution in [-0.2, 0) is 11.4 Å². The lowest BCUT2D eigenvalue weighted by Gasteiger charge is -2.14. The number of anilines is 1. The molecule has 0 radical (unpaired) electrons. The van der Waals surface area contributed by atoms with Crippen LogP contribution >= 0.6 is 34.7 Å². The van der Waals surface area contributed by atoms with Gasteiger partial charge in [0.2, 0.25) is 5.13 Å². The van der Waals surface area contributed by atoms with Crippen molar-refractivity contribution in [2.45, 2.75) is 13.5 Å². The van der Waals surface area contributed by atoms with Crippen LogP contribution in [-0.4, -0.2) is 16.1 Å². The smallest absolute Gasteiger partial charge is 0.271 e. The third-order valence-corrected chi connectivity index (χ3v) is 7.34. The lowest BCUT2D eigenvalue weighted by Crippen LogP contribution is -2.28. The average Bonchev–Trinajstić information content (AvgIpc) is 3.42. The van der Waals surface area contributed by atoms with Gasteiger partial charge in [0.05, 0.1) is 16.3 Å². The number of rotatable bonds is 6. The summed E-state index contributed by atoms with van der Waals surface area (Å²) < 4.78 is 5.87. The number of benzene rings is 3. The molecule has 1 saturated heterocycles. The standard InChI is InChI=1S/C27H20ClN3O2S2/c1-18-17-34-26(29-18)30-27-31(21-8-3-2-4-9-21)25(32)24(35-27)15-19-11-13-22(14-12-19)33-16-20-7-5-6-10-23(20)28/h2-15,17H,16H2,1H3/b24-15-,30-27+. The molecule has 174 valence electrons. The van der Waals surface area contributed by atoms with Crippen LogP contribution < -0.4 is 9.64 Å². The average molecular weight is 518 g/mol. The molecule has 1 aliphatic heterocycles. The van der Waals surface area contributed by atoms with Crippen molar-refractivity contribution in [2.24, 2.45) is 4.99 Å². The normalized spacial score (nSPS) is 15.8. The number of amides is 1. The molecule has 1 aromatic heterocycles. The van der Waals surface area contributed by atoms with Crippen molar-refractivity contribution in [2.75, 3.05) is 4.90 Å². The molecular weight excluding hydrogens is 498 g/mol. The summed E-state index contributed by atoms with van der Waals surface area (Å²) in [6.07, 6.45) is 1.87. The minimum Gasteiger partial charge on any atom is -0.489 e. The number of hydrogen-bond acceptors (Lipinski definition) is 6. The molecule has 8 heteroatoms. The number of aryl methyl sites for hydroxylation is 1. The van der Waals surface area contributed by atoms with Crippen LogP contribution in [0.15, 0.2) is 94.1 Å². The van der Waals surface area contributed by atoms with E-state index in [2.05, 4.69) is 9.98 Å². The van der Waals surface area contributed by atoms with Gasteiger partial charge in [-0.2, -0.15) is 4.99 Å². The molecule has 0 aliphatic carbocycles. The van der Waals surface area contributed by atoms with Gasteiger partial charge in [-0.15, -0.1) is 11.3 Å². The second kappa shape index (κ2) is 10.5. The number of aromatic nitrogens is 1. The predicted molar refractivity (Wildman–Crippen MR) is 146 cm³/mol. The van der Waals surface area contributed by atoms with Crippen molar-refractivity contribution in [3.8, 4) is 5.75 Å². The van der Waals surface area contributed by atoms with Crippen LogP contribution in [0.1, 0.15) is 16.8 Å². The number of para-hydroxylation sites is 1. The van der Waals surface area contributed by atoms with Crippen molar-refractivity contribution in [3.05, 3.63) is 111 Å². The minimum absolute atomic E-state index is 0.118. The largest absolute Gasteiger partial charge is 0.489 e. The summed E-state index contributed by atoms with van der Waals surface area (Å²) >= 11 is 9.00. The van der Waals surface area contributed by atoms with E-state index in [1.165, 1.54) is 23.1 Å². The van der Waals surface area contributed by atoms with E-state index in [1.54, 1.807) is 4.90 Å². The number of nitrogens with zero attached hydrogens (tertiary/aromatic N) is 3. The van der Waals surface area contributed by atoms with Crippen molar-refractivity contribution in [3.63, 3.8) is 0 Å². The van der Waals surface area contributed by atoms with Crippen LogP contribution in [0.5, 0.6) is 5.75 Å². The quantitative estimate of drug-likeness (QED) is 0.248. The number of aliphatic imine (C=N–C) groups is 1. The summed E-state index contributed by atoms with van der Waals surface area (Å²) in [6.45, 7) is 2.31. The SMILES string of the molecule is Cc1csc(/N=C2/S/C(=C\c3ccc(OCc4ccccc4Cl)cc3)C(=O)N2c2ccccc2)n1. The zero-order valence-electron chi connectivity index (χ0n) is 18.7. The van der Waals surface area contributed by atoms with Crippen LogP contribution in [0, 0.1) is 6.92 Å². The molecule has 0 saturated carbocycles. The van der Waals surface area contributed by atoms with Gasteiger partial charge in [-0.05, 0) is 60.7 Å². The maximum absolute atomic E-state index is 13.4. The summed E-state index contributed by atoms with van der Waals surface area (Å²) in [6, 6.07) is 24.8. The number of carbonyl (C=O) groups excluding carboxylic acids is 1. The van der Waals surface area contributed by atoms with E-state index in [0.29, 0.717) is 26.8 Å². The molecule has 2 heterocycles. The lowest BCUT2D eigenvalue weighted by molar-refractivity contribution is -0.113. The number of halogens is 1. The van der Waals surface area contributed by atoms with Crippen LogP contribution in [0.2, 0.25) is 5.02 Å². The van der Waals surface area contributed by atoms with E-state index < -0.39 is 0 Å². The molecule has 1 aliphatic rings. The monoisotopic (exact) mass is 517 g/mol. The van der Waals surface area contributed by atoms with Crippen LogP contribution in [0.3, 0.4) is 0 Å². The van der Waals surface area contributed by atoms with E-state index in [0.717, 1.165) is 28.3 Å². The van der Waals surface area contributed by atoms with Crippen LogP contribution in [0.4, 0.5) is 10.8 Å². The fourth-order valence-electron chi connectivity index (χ4n) is 3.42. The number of thiazole rings is 1. The van der Waals surface area contributed by atoms with Crippen LogP contribution in [0.25, 0.3) is 6.08 Å². The Morgan fingerprint density at radius 3 is 2.49 bits per heavy atom. The minimum atomic E-state index is -0.118. The van der Waals surface area contributed by atoms with Crippen molar-refractivity contribution in [1.82, 2.24) is 4.98 Å². The molecular formula is C27H20ClN3O2S2. The molecule has 1 fully saturated rings. The van der Waals surface area contributed by atoms with Crippen molar-refractivity contribution < 1.29 is 9.53 Å². The van der Waals surface area contributed by atoms with Crippen molar-refractivity contribution in [1.29, 1.82) is 0 Å². The zero-order chi connectivity index (χ0) is 24.2. The summed E-state index contributed by atoms with van der Waals surface area (Å²) in [5.74, 6) is 0.608. The molecule has 1 amide bonds. The summed E-state index contributed by atoms with van der Waals surface area (Å²) in [5, 5.41) is 3.83. The molecule has 5 rings (SSSR count). The molecule has 35 heavy (non-hydrogen) atoms. The van der Waals surface area contributed by atoms with Gasteiger partial charge < -0.3 is 4.74 Å². The Hall–Kier alpha value is -3.39. The number of hydrogen-bond donors (Lipinski definition) is 0. The third kappa shape index (κ3) is 5.48. The fourth-order valence-corrected chi connectivity index (χ4v) is 5.31. The van der Waals surface area contributed by atoms with E-state index in [9.17, 15) is 4.79 Å². The van der Waals surface area contributed by atoms with Gasteiger partial charge in [-0.25, -0.2) is 4.98 Å². The van der Waals surface area contributed by atoms with Gasteiger partial charge in [0.15, 0.2) is 5.17 Å². The zero-order valence-corrected chi connectivity index (χ0v) is 21.1. The maximum Gasteiger partial charge on any atom is 0.271 e. The molecule has 0 unspecified atom stereocenters. The van der Waals surface area contributed by atoms with E-state index >= 15 is 0 Å². The van der Waals surface area contributed by atoms with Gasteiger partial charge in [-0.3, -0.25) is 9.69 Å². The Kier molecular flexibility index (Phi) is 6.99. The highest BCUT2D eigenvalue weighted by Crippen LogP contribution is 2.37. The van der Waals surface area contributed by atoms with Crippen molar-refractivity contribution >= 4 is 62.7 Å². The molecule has 0 atom stereocenters. The van der Waals surface area contributed by atoms with Gasteiger partial charge in [0.25, 0.3) is 5.91 Å². The number of amidine groups is 1. The number of ether oxygens (including phenoxy) is 1. The molecule has 3 aromatic carbocycles. The molecule has 5 nitrogen and oxygen atoms in total. The topological polar surface area (TPSA) is 54.8 Å². The molecule has 4 aromatic rings. The lowest BCUT2D eigenvalue weighted by atomic mass is 10.2. The Morgan fingerprint density at radius 1 is 1.03 bits per heavy atom. The molecule has 0 bridgehead atoms. The molecule has 0 N–H and O–H groups in total. The van der Waals surface area contributed by atoms with Gasteiger partial charge >= 0.3 is 0 Å². The highest BCUT2D eigenvalue weighted by atomic mass is 35.5. The second-order valence-electron chi connectivity index (χ2n) is 7.70. The van der Waals surface area contributed by atoms with Gasteiger partial charge in [-0.1, -0.05) is 60.1 Å². The van der Waals surface area contributed by atoms with Gasteiger partial charge in [0.1, 0.15) is 12.4 Å². The number of thioether (sulfide) groups is 1. The highest BCUT2D eigenvalue weighted by Gasteiger charge is 2.34. The first-order chi connectivity index (χ1) is 17.1. The highest BCUT2D eigenvalue weighted by molar-refractivity contribution is 8.19. The summed E-state index contributed by atoms with van der Waals surface area (Å²) in [4.78, 5) is 24.7. The van der Waals surface area contributed by atoms with Gasteiger partial charge in [0, 0.05) is 16.0 Å². The number of carbonyl (C=O) groups is 1. The maximum atomic E-state index is 13.4. The molecule has 0 spiro atoms. The Balaban J connectivity index is 1.37. The Morgan fingerprint density at radius 2 is 1.77 bits per heavy atom. The first-order valence-corrected chi connectivity index (χ1v) is 12.9. The summed E-state index contributed by atoms with van der Waals surface area (Å²) in [5.41, 5.74) is 3.49. The first kappa shape index (κ1) is 23.4. The van der Waals surface area contributed by atoms with E-state index in [4.69, 9.17) is 16.3 Å². The summed E-state index contributed by atoms with van der Waals surface area (Å²) in [7, 11) is 0. The van der Waals surface area contributed by atoms with E-state index in [-0.39, 0.29) is 5.91 Å². The third-order valence-electron chi connectivity index (χ3n) is 5.15. The predicted octanol–water partition coefficient (Wildman–Crippen LogP) is 7.49.